The number of nitrogens with one attached hydrogen (secondary N) is 1. The Balaban J connectivity index is 2.22. The molecule has 1 fully saturated rings. The molecule has 2 amide bonds. The molecule has 0 aromatic heterocycles. The first kappa shape index (κ1) is 18.8. The monoisotopic (exact) mass is 375 g/mol. The zero-order chi connectivity index (χ0) is 18.6. The predicted octanol–water partition coefficient (Wildman–Crippen LogP) is 1.72. The molecule has 0 saturated carbocycles. The minimum atomic E-state index is -0.524. The van der Waals surface area contributed by atoms with Crippen LogP contribution in [0.1, 0.15) is 5.56 Å². The van der Waals surface area contributed by atoms with Gasteiger partial charge in [0, 0.05) is 20.6 Å². The highest BCUT2D eigenvalue weighted by Gasteiger charge is 2.32. The van der Waals surface area contributed by atoms with E-state index in [1.165, 1.54) is 11.0 Å². The number of carbonyl (C=O) groups is 2. The zero-order valence-electron chi connectivity index (χ0n) is 13.8. The van der Waals surface area contributed by atoms with Crippen LogP contribution >= 0.6 is 24.4 Å². The van der Waals surface area contributed by atoms with Gasteiger partial charge in [-0.05, 0) is 48.2 Å². The van der Waals surface area contributed by atoms with E-state index in [0.717, 1.165) is 0 Å². The molecule has 0 radical (unpaired) electrons. The molecule has 1 aromatic rings. The molecule has 0 spiro atoms. The van der Waals surface area contributed by atoms with Gasteiger partial charge in [-0.1, -0.05) is 18.2 Å². The molecule has 6 nitrogen and oxygen atoms in total. The van der Waals surface area contributed by atoms with Crippen molar-refractivity contribution in [3.8, 4) is 5.75 Å². The summed E-state index contributed by atoms with van der Waals surface area (Å²) in [5.41, 5.74) is 0.681. The van der Waals surface area contributed by atoms with Crippen LogP contribution in [0.4, 0.5) is 0 Å². The van der Waals surface area contributed by atoms with Crippen molar-refractivity contribution in [3.05, 3.63) is 48.1 Å². The van der Waals surface area contributed by atoms with Gasteiger partial charge in [-0.25, -0.2) is 0 Å². The molecule has 130 valence electrons. The van der Waals surface area contributed by atoms with Gasteiger partial charge < -0.3 is 9.64 Å². The summed E-state index contributed by atoms with van der Waals surface area (Å²) >= 11 is 10.1. The summed E-state index contributed by atoms with van der Waals surface area (Å²) in [5, 5.41) is 2.91. The average molecular weight is 375 g/mol. The van der Waals surface area contributed by atoms with E-state index >= 15 is 0 Å². The smallest absolute Gasteiger partial charge is 0.265 e. The van der Waals surface area contributed by atoms with E-state index < -0.39 is 11.8 Å². The molecule has 0 atom stereocenters. The van der Waals surface area contributed by atoms with Gasteiger partial charge in [0.1, 0.15) is 11.3 Å². The second-order valence-electron chi connectivity index (χ2n) is 5.35. The quantitative estimate of drug-likeness (QED) is 0.374. The lowest BCUT2D eigenvalue weighted by atomic mass is 10.1. The van der Waals surface area contributed by atoms with Crippen molar-refractivity contribution in [1.29, 1.82) is 0 Å². The molecule has 1 saturated heterocycles. The van der Waals surface area contributed by atoms with Gasteiger partial charge in [0.05, 0.1) is 0 Å². The number of amides is 2. The maximum absolute atomic E-state index is 12.4. The molecular weight excluding hydrogens is 358 g/mol. The first-order chi connectivity index (χ1) is 11.8. The lowest BCUT2D eigenvalue weighted by Crippen LogP contribution is -2.53. The number of hydrogen-bond donors (Lipinski definition) is 1. The Kier molecular flexibility index (Phi) is 6.00. The van der Waals surface area contributed by atoms with Gasteiger partial charge in [0.2, 0.25) is 0 Å². The highest BCUT2D eigenvalue weighted by Crippen LogP contribution is 2.18. The average Bonchev–Trinajstić information content (AvgIpc) is 2.56. The van der Waals surface area contributed by atoms with Crippen LogP contribution < -0.4 is 10.1 Å². The molecule has 25 heavy (non-hydrogen) atoms. The van der Waals surface area contributed by atoms with E-state index in [-0.39, 0.29) is 17.2 Å². The summed E-state index contributed by atoms with van der Waals surface area (Å²) in [4.78, 5) is 27.5. The molecule has 0 unspecified atom stereocenters. The first-order valence-electron chi connectivity index (χ1n) is 7.32. The second-order valence-corrected chi connectivity index (χ2v) is 6.09. The van der Waals surface area contributed by atoms with Crippen molar-refractivity contribution in [2.75, 3.05) is 20.6 Å². The highest BCUT2D eigenvalue weighted by atomic mass is 32.1. The van der Waals surface area contributed by atoms with Gasteiger partial charge in [-0.15, -0.1) is 6.58 Å². The summed E-state index contributed by atoms with van der Waals surface area (Å²) in [6.07, 6.45) is 3.04. The standard InChI is InChI=1S/C17H17N3O3S2/c1-4-9-20-15(22)13(14(21)18-16(20)24)10-11-5-7-12(8-6-11)23-17(25)19(2)3/h4-8,10H,1,9H2,2-3H3,(H,18,21,24)/b13-10+. The van der Waals surface area contributed by atoms with Gasteiger partial charge in [-0.2, -0.15) is 0 Å². The lowest BCUT2D eigenvalue weighted by Gasteiger charge is -2.27. The van der Waals surface area contributed by atoms with Crippen LogP contribution in [0.25, 0.3) is 6.08 Å². The predicted molar refractivity (Wildman–Crippen MR) is 104 cm³/mol. The summed E-state index contributed by atoms with van der Waals surface area (Å²) in [6.45, 7) is 3.81. The van der Waals surface area contributed by atoms with E-state index in [2.05, 4.69) is 11.9 Å². The van der Waals surface area contributed by atoms with Crippen molar-refractivity contribution >= 4 is 52.6 Å². The molecule has 0 bridgehead atoms. The minimum Gasteiger partial charge on any atom is -0.432 e. The molecule has 1 N–H and O–H groups in total. The Hall–Kier alpha value is -2.58. The third kappa shape index (κ3) is 4.49. The molecule has 2 rings (SSSR count). The number of nitrogens with zero attached hydrogens (tertiary/aromatic N) is 2. The fourth-order valence-corrected chi connectivity index (χ4v) is 2.33. The van der Waals surface area contributed by atoms with E-state index in [0.29, 0.717) is 16.5 Å². The molecule has 1 aromatic carbocycles. The van der Waals surface area contributed by atoms with Crippen LogP contribution in [0, 0.1) is 0 Å². The molecule has 1 aliphatic rings. The van der Waals surface area contributed by atoms with Crippen molar-refractivity contribution in [2.24, 2.45) is 0 Å². The van der Waals surface area contributed by atoms with Crippen molar-refractivity contribution in [1.82, 2.24) is 15.1 Å². The number of carbonyl (C=O) groups excluding carboxylic acids is 2. The number of rotatable bonds is 4. The third-order valence-electron chi connectivity index (χ3n) is 3.26. The van der Waals surface area contributed by atoms with Gasteiger partial charge in [-0.3, -0.25) is 19.8 Å². The maximum Gasteiger partial charge on any atom is 0.265 e. The zero-order valence-corrected chi connectivity index (χ0v) is 15.4. The fraction of sp³-hybridized carbons (Fsp3) is 0.176. The summed E-state index contributed by atoms with van der Waals surface area (Å²) in [5.74, 6) is -0.415. The largest absolute Gasteiger partial charge is 0.432 e. The van der Waals surface area contributed by atoms with Crippen molar-refractivity contribution in [3.63, 3.8) is 0 Å². The third-order valence-corrected chi connectivity index (χ3v) is 4.03. The lowest BCUT2D eigenvalue weighted by molar-refractivity contribution is -0.128. The number of thiocarbonyl (C=S) groups is 2. The molecule has 8 heteroatoms. The Morgan fingerprint density at radius 2 is 1.96 bits per heavy atom. The van der Waals surface area contributed by atoms with E-state index in [1.54, 1.807) is 49.3 Å². The topological polar surface area (TPSA) is 61.9 Å². The second kappa shape index (κ2) is 8.00. The number of benzene rings is 1. The van der Waals surface area contributed by atoms with Crippen LogP contribution in [-0.4, -0.2) is 52.5 Å². The van der Waals surface area contributed by atoms with Gasteiger partial charge >= 0.3 is 0 Å². The van der Waals surface area contributed by atoms with Crippen molar-refractivity contribution < 1.29 is 14.3 Å². The molecule has 0 aliphatic carbocycles. The van der Waals surface area contributed by atoms with Crippen LogP contribution in [0.5, 0.6) is 5.75 Å². The SMILES string of the molecule is C=CCN1C(=O)/C(=C/c2ccc(OC(=S)N(C)C)cc2)C(=O)NC1=S. The van der Waals surface area contributed by atoms with E-state index in [9.17, 15) is 9.59 Å². The minimum absolute atomic E-state index is 0.00734. The number of hydrogen-bond acceptors (Lipinski definition) is 5. The number of ether oxygens (including phenoxy) is 1. The fourth-order valence-electron chi connectivity index (χ4n) is 1.98. The molecule has 1 heterocycles. The normalized spacial score (nSPS) is 15.8. The Morgan fingerprint density at radius 1 is 1.32 bits per heavy atom. The highest BCUT2D eigenvalue weighted by molar-refractivity contribution is 7.80. The van der Waals surface area contributed by atoms with Crippen LogP contribution in [0.2, 0.25) is 0 Å². The Morgan fingerprint density at radius 3 is 2.52 bits per heavy atom. The Bertz CT molecular complexity index is 770. The maximum atomic E-state index is 12.4. The summed E-state index contributed by atoms with van der Waals surface area (Å²) < 4.78 is 5.48. The summed E-state index contributed by atoms with van der Waals surface area (Å²) in [7, 11) is 3.57. The van der Waals surface area contributed by atoms with Gasteiger partial charge in [0.15, 0.2) is 5.11 Å². The van der Waals surface area contributed by atoms with Crippen LogP contribution in [-0.2, 0) is 9.59 Å². The van der Waals surface area contributed by atoms with E-state index in [4.69, 9.17) is 29.2 Å². The van der Waals surface area contributed by atoms with Gasteiger partial charge in [0.25, 0.3) is 17.0 Å². The van der Waals surface area contributed by atoms with Crippen LogP contribution in [0.3, 0.4) is 0 Å². The molecular formula is C17H17N3O3S2. The molecule has 1 aliphatic heterocycles. The summed E-state index contributed by atoms with van der Waals surface area (Å²) in [6, 6.07) is 6.87. The Labute approximate surface area is 156 Å². The van der Waals surface area contributed by atoms with E-state index in [1.807, 2.05) is 0 Å². The first-order valence-corrected chi connectivity index (χ1v) is 8.14. The van der Waals surface area contributed by atoms with Crippen LogP contribution in [0.15, 0.2) is 42.5 Å². The van der Waals surface area contributed by atoms with Crippen molar-refractivity contribution in [2.45, 2.75) is 0 Å².